The lowest BCUT2D eigenvalue weighted by Crippen LogP contribution is -2.40. The van der Waals surface area contributed by atoms with Crippen LogP contribution in [-0.2, 0) is 16.7 Å². The third-order valence-electron chi connectivity index (χ3n) is 6.66. The molecule has 0 aliphatic carbocycles. The minimum Gasteiger partial charge on any atom is -0.494 e. The third kappa shape index (κ3) is 12.8. The molecule has 0 saturated carbocycles. The number of benzene rings is 2. The maximum atomic E-state index is 5.95. The van der Waals surface area contributed by atoms with Crippen molar-refractivity contribution < 1.29 is 18.7 Å². The van der Waals surface area contributed by atoms with Crippen LogP contribution in [0.4, 0.5) is 0 Å². The van der Waals surface area contributed by atoms with Crippen molar-refractivity contribution in [2.45, 2.75) is 85.6 Å². The largest absolute Gasteiger partial charge is 0.494 e. The molecule has 0 aliphatic heterocycles. The SMILES string of the molecule is CCCCOc1ccc(C[N+](C)(C)CCCOCCCOc2ccc(C(C)(C)CC(C)(C)C)cc2)cc1. The molecule has 4 heteroatoms. The van der Waals surface area contributed by atoms with Gasteiger partial charge in [0.2, 0.25) is 0 Å². The van der Waals surface area contributed by atoms with Crippen molar-refractivity contribution in [3.8, 4) is 11.5 Å². The van der Waals surface area contributed by atoms with Gasteiger partial charge in [-0.05, 0) is 65.6 Å². The highest BCUT2D eigenvalue weighted by atomic mass is 16.5. The molecule has 2 aromatic rings. The Morgan fingerprint density at radius 2 is 1.22 bits per heavy atom. The lowest BCUT2D eigenvalue weighted by Gasteiger charge is -2.33. The molecule has 0 saturated heterocycles. The van der Waals surface area contributed by atoms with Crippen LogP contribution >= 0.6 is 0 Å². The average Bonchev–Trinajstić information content (AvgIpc) is 2.80. The smallest absolute Gasteiger partial charge is 0.119 e. The van der Waals surface area contributed by atoms with Crippen LogP contribution in [0.1, 0.15) is 84.8 Å². The van der Waals surface area contributed by atoms with Gasteiger partial charge in [0, 0.05) is 25.0 Å². The molecule has 0 atom stereocenters. The molecule has 0 N–H and O–H groups in total. The van der Waals surface area contributed by atoms with Crippen LogP contribution in [0.25, 0.3) is 0 Å². The summed E-state index contributed by atoms with van der Waals surface area (Å²) in [7, 11) is 4.57. The Hall–Kier alpha value is -2.04. The van der Waals surface area contributed by atoms with Crippen LogP contribution in [0.5, 0.6) is 11.5 Å². The standard InChI is InChI=1S/C33H54NO3/c1-9-10-24-36-30-17-13-28(14-18-30)26-34(7,8)21-11-22-35-23-12-25-37-31-19-15-29(16-20-31)33(5,6)27-32(2,3)4/h13-20H,9-12,21-27H2,1-8H3/q+1. The summed E-state index contributed by atoms with van der Waals surface area (Å²) >= 11 is 0. The number of unbranched alkanes of at least 4 members (excludes halogenated alkanes) is 1. The lowest BCUT2D eigenvalue weighted by atomic mass is 9.72. The maximum Gasteiger partial charge on any atom is 0.119 e. The number of nitrogens with zero attached hydrogens (tertiary/aromatic N) is 1. The zero-order chi connectivity index (χ0) is 27.4. The van der Waals surface area contributed by atoms with Crippen molar-refractivity contribution in [3.63, 3.8) is 0 Å². The van der Waals surface area contributed by atoms with E-state index in [1.165, 1.54) is 11.1 Å². The zero-order valence-electron chi connectivity index (χ0n) is 25.1. The van der Waals surface area contributed by atoms with E-state index < -0.39 is 0 Å². The summed E-state index contributed by atoms with van der Waals surface area (Å²) in [5.74, 6) is 1.91. The van der Waals surface area contributed by atoms with Gasteiger partial charge in [-0.15, -0.1) is 0 Å². The fourth-order valence-electron chi connectivity index (χ4n) is 5.08. The van der Waals surface area contributed by atoms with E-state index in [1.54, 1.807) is 0 Å². The zero-order valence-corrected chi connectivity index (χ0v) is 25.1. The van der Waals surface area contributed by atoms with Gasteiger partial charge in [0.25, 0.3) is 0 Å². The highest BCUT2D eigenvalue weighted by Gasteiger charge is 2.27. The normalized spacial score (nSPS) is 12.5. The molecule has 0 bridgehead atoms. The van der Waals surface area contributed by atoms with Crippen LogP contribution in [0, 0.1) is 5.41 Å². The lowest BCUT2D eigenvalue weighted by molar-refractivity contribution is -0.903. The Morgan fingerprint density at radius 1 is 0.676 bits per heavy atom. The molecular formula is C33H54NO3+. The molecule has 0 aliphatic rings. The summed E-state index contributed by atoms with van der Waals surface area (Å²) in [4.78, 5) is 0. The molecule has 2 rings (SSSR count). The van der Waals surface area contributed by atoms with Gasteiger partial charge >= 0.3 is 0 Å². The summed E-state index contributed by atoms with van der Waals surface area (Å²) in [6.07, 6.45) is 5.37. The van der Waals surface area contributed by atoms with Crippen LogP contribution in [0.3, 0.4) is 0 Å². The van der Waals surface area contributed by atoms with Crippen LogP contribution in [0.15, 0.2) is 48.5 Å². The van der Waals surface area contributed by atoms with Gasteiger partial charge in [0.15, 0.2) is 0 Å². The Labute approximate surface area is 227 Å². The average molecular weight is 513 g/mol. The summed E-state index contributed by atoms with van der Waals surface area (Å²) in [5.41, 5.74) is 3.18. The van der Waals surface area contributed by atoms with Gasteiger partial charge in [0.05, 0.1) is 40.5 Å². The molecule has 0 radical (unpaired) electrons. The molecular weight excluding hydrogens is 458 g/mol. The Morgan fingerprint density at radius 3 is 1.78 bits per heavy atom. The van der Waals surface area contributed by atoms with Crippen molar-refractivity contribution in [1.29, 1.82) is 0 Å². The van der Waals surface area contributed by atoms with E-state index in [1.807, 2.05) is 0 Å². The van der Waals surface area contributed by atoms with Gasteiger partial charge in [-0.25, -0.2) is 0 Å². The summed E-state index contributed by atoms with van der Waals surface area (Å²) in [6.45, 7) is 18.9. The van der Waals surface area contributed by atoms with Gasteiger partial charge in [0.1, 0.15) is 18.0 Å². The van der Waals surface area contributed by atoms with Crippen molar-refractivity contribution in [2.24, 2.45) is 5.41 Å². The van der Waals surface area contributed by atoms with E-state index in [0.717, 1.165) is 81.0 Å². The summed E-state index contributed by atoms with van der Waals surface area (Å²) in [5, 5.41) is 0. The van der Waals surface area contributed by atoms with E-state index in [-0.39, 0.29) is 5.41 Å². The van der Waals surface area contributed by atoms with Crippen LogP contribution in [0.2, 0.25) is 0 Å². The summed E-state index contributed by atoms with van der Waals surface area (Å²) in [6, 6.07) is 17.2. The van der Waals surface area contributed by atoms with Crippen molar-refractivity contribution in [3.05, 3.63) is 59.7 Å². The second-order valence-electron chi connectivity index (χ2n) is 13.0. The number of hydrogen-bond acceptors (Lipinski definition) is 3. The van der Waals surface area contributed by atoms with Gasteiger partial charge in [-0.3, -0.25) is 0 Å². The minimum absolute atomic E-state index is 0.158. The second-order valence-corrected chi connectivity index (χ2v) is 13.0. The molecule has 0 spiro atoms. The number of quaternary nitrogens is 1. The second kappa shape index (κ2) is 14.8. The molecule has 2 aromatic carbocycles. The number of hydrogen-bond donors (Lipinski definition) is 0. The molecule has 208 valence electrons. The molecule has 0 aromatic heterocycles. The molecule has 0 fully saturated rings. The Kier molecular flexibility index (Phi) is 12.5. The van der Waals surface area contributed by atoms with E-state index in [4.69, 9.17) is 14.2 Å². The van der Waals surface area contributed by atoms with E-state index in [0.29, 0.717) is 12.0 Å². The highest BCUT2D eigenvalue weighted by molar-refractivity contribution is 5.32. The van der Waals surface area contributed by atoms with E-state index >= 15 is 0 Å². The third-order valence-corrected chi connectivity index (χ3v) is 6.66. The van der Waals surface area contributed by atoms with Crippen molar-refractivity contribution in [2.75, 3.05) is 47.1 Å². The first-order valence-electron chi connectivity index (χ1n) is 14.3. The fraction of sp³-hybridized carbons (Fsp3) is 0.636. The van der Waals surface area contributed by atoms with E-state index in [2.05, 4.69) is 104 Å². The minimum atomic E-state index is 0.158. The monoisotopic (exact) mass is 512 g/mol. The van der Waals surface area contributed by atoms with Gasteiger partial charge in [-0.2, -0.15) is 0 Å². The molecule has 0 heterocycles. The molecule has 4 nitrogen and oxygen atoms in total. The predicted octanol–water partition coefficient (Wildman–Crippen LogP) is 8.03. The first kappa shape index (κ1) is 31.2. The maximum absolute atomic E-state index is 5.95. The topological polar surface area (TPSA) is 27.7 Å². The highest BCUT2D eigenvalue weighted by Crippen LogP contribution is 2.36. The Bertz CT molecular complexity index is 879. The first-order valence-corrected chi connectivity index (χ1v) is 14.3. The van der Waals surface area contributed by atoms with Crippen LogP contribution < -0.4 is 9.47 Å². The van der Waals surface area contributed by atoms with Crippen LogP contribution in [-0.4, -0.2) is 51.6 Å². The van der Waals surface area contributed by atoms with Gasteiger partial charge < -0.3 is 18.7 Å². The first-order chi connectivity index (χ1) is 17.4. The molecule has 37 heavy (non-hydrogen) atoms. The quantitative estimate of drug-likeness (QED) is 0.159. The summed E-state index contributed by atoms with van der Waals surface area (Å²) < 4.78 is 18.6. The van der Waals surface area contributed by atoms with E-state index in [9.17, 15) is 0 Å². The van der Waals surface area contributed by atoms with Crippen molar-refractivity contribution in [1.82, 2.24) is 0 Å². The number of ether oxygens (including phenoxy) is 3. The molecule has 0 amide bonds. The van der Waals surface area contributed by atoms with Crippen molar-refractivity contribution >= 4 is 0 Å². The Balaban J connectivity index is 1.59. The molecule has 0 unspecified atom stereocenters. The predicted molar refractivity (Wildman–Crippen MR) is 157 cm³/mol. The van der Waals surface area contributed by atoms with Gasteiger partial charge in [-0.1, -0.05) is 60.1 Å². The number of rotatable bonds is 17. The fourth-order valence-corrected chi connectivity index (χ4v) is 5.08.